The van der Waals surface area contributed by atoms with Crippen molar-refractivity contribution in [1.82, 2.24) is 14.5 Å². The van der Waals surface area contributed by atoms with Crippen LogP contribution in [0.15, 0.2) is 17.3 Å². The number of aromatic nitrogens is 2. The molecule has 1 saturated heterocycles. The van der Waals surface area contributed by atoms with Crippen LogP contribution in [0.4, 0.5) is 0 Å². The highest BCUT2D eigenvalue weighted by molar-refractivity contribution is 7.89. The van der Waals surface area contributed by atoms with E-state index in [1.165, 1.54) is 6.20 Å². The summed E-state index contributed by atoms with van der Waals surface area (Å²) < 4.78 is 34.9. The molecule has 21 heavy (non-hydrogen) atoms. The van der Waals surface area contributed by atoms with E-state index in [1.54, 1.807) is 10.9 Å². The van der Waals surface area contributed by atoms with Gasteiger partial charge in [0, 0.05) is 19.3 Å². The van der Waals surface area contributed by atoms with Crippen LogP contribution in [0, 0.1) is 5.92 Å². The fraction of sp³-hybridized carbons (Fsp3) is 0.769. The second-order valence-corrected chi connectivity index (χ2v) is 7.48. The molecule has 2 atom stereocenters. The Balaban J connectivity index is 1.66. The number of hydrogen-bond acceptors (Lipinski definition) is 5. The number of nitrogens with one attached hydrogen (secondary N) is 1. The van der Waals surface area contributed by atoms with Crippen molar-refractivity contribution in [2.24, 2.45) is 11.7 Å². The average Bonchev–Trinajstić information content (AvgIpc) is 2.99. The van der Waals surface area contributed by atoms with Crippen LogP contribution in [0.2, 0.25) is 0 Å². The summed E-state index contributed by atoms with van der Waals surface area (Å²) in [5, 5.41) is 4.07. The normalized spacial score (nSPS) is 26.3. The maximum atomic E-state index is 12.4. The van der Waals surface area contributed by atoms with E-state index >= 15 is 0 Å². The SMILES string of the molecule is NCCCn1cc(S(=O)(=O)NC2CCOC2C2CC2)cn1. The van der Waals surface area contributed by atoms with Gasteiger partial charge in [-0.1, -0.05) is 0 Å². The third-order valence-electron chi connectivity index (χ3n) is 4.04. The van der Waals surface area contributed by atoms with Crippen LogP contribution in [0.1, 0.15) is 25.7 Å². The second-order valence-electron chi connectivity index (χ2n) is 5.77. The highest BCUT2D eigenvalue weighted by atomic mass is 32.2. The Labute approximate surface area is 124 Å². The van der Waals surface area contributed by atoms with Gasteiger partial charge in [-0.2, -0.15) is 5.10 Å². The Hall–Kier alpha value is -0.960. The molecule has 2 unspecified atom stereocenters. The molecule has 0 aromatic carbocycles. The number of nitrogens with zero attached hydrogens (tertiary/aromatic N) is 2. The van der Waals surface area contributed by atoms with Gasteiger partial charge in [0.2, 0.25) is 10.0 Å². The summed E-state index contributed by atoms with van der Waals surface area (Å²) in [5.74, 6) is 0.521. The van der Waals surface area contributed by atoms with Gasteiger partial charge in [-0.05, 0) is 38.1 Å². The molecule has 1 aromatic rings. The molecule has 0 bridgehead atoms. The van der Waals surface area contributed by atoms with E-state index in [9.17, 15) is 8.42 Å². The van der Waals surface area contributed by atoms with Crippen LogP contribution in [0.5, 0.6) is 0 Å². The van der Waals surface area contributed by atoms with Crippen molar-refractivity contribution in [3.8, 4) is 0 Å². The van der Waals surface area contributed by atoms with Gasteiger partial charge >= 0.3 is 0 Å². The second kappa shape index (κ2) is 6.04. The van der Waals surface area contributed by atoms with Crippen LogP contribution < -0.4 is 10.5 Å². The fourth-order valence-electron chi connectivity index (χ4n) is 2.75. The predicted octanol–water partition coefficient (Wildman–Crippen LogP) is 0.0777. The molecular weight excluding hydrogens is 292 g/mol. The van der Waals surface area contributed by atoms with Gasteiger partial charge in [0.15, 0.2) is 0 Å². The first-order valence-corrected chi connectivity index (χ1v) is 8.95. The standard InChI is InChI=1S/C13H22N4O3S/c14-5-1-6-17-9-11(8-15-17)21(18,19)16-12-4-7-20-13(12)10-2-3-10/h8-10,12-13,16H,1-7,14H2. The molecule has 0 amide bonds. The van der Waals surface area contributed by atoms with Gasteiger partial charge in [0.1, 0.15) is 4.90 Å². The number of hydrogen-bond donors (Lipinski definition) is 2. The minimum atomic E-state index is -3.53. The number of ether oxygens (including phenoxy) is 1. The van der Waals surface area contributed by atoms with Crippen LogP contribution in [0.3, 0.4) is 0 Å². The summed E-state index contributed by atoms with van der Waals surface area (Å²) in [6, 6.07) is -0.116. The van der Waals surface area contributed by atoms with Crippen LogP contribution >= 0.6 is 0 Å². The lowest BCUT2D eigenvalue weighted by Gasteiger charge is -2.18. The largest absolute Gasteiger partial charge is 0.376 e. The Morgan fingerprint density at radius 1 is 1.43 bits per heavy atom. The van der Waals surface area contributed by atoms with Gasteiger partial charge in [-0.3, -0.25) is 4.68 Å². The quantitative estimate of drug-likeness (QED) is 0.742. The smallest absolute Gasteiger partial charge is 0.244 e. The molecule has 0 radical (unpaired) electrons. The van der Waals surface area contributed by atoms with Gasteiger partial charge in [0.05, 0.1) is 18.3 Å². The minimum absolute atomic E-state index is 0.0343. The van der Waals surface area contributed by atoms with E-state index in [4.69, 9.17) is 10.5 Å². The minimum Gasteiger partial charge on any atom is -0.376 e. The number of aryl methyl sites for hydroxylation is 1. The molecular formula is C13H22N4O3S. The maximum Gasteiger partial charge on any atom is 0.244 e. The zero-order valence-electron chi connectivity index (χ0n) is 11.9. The molecule has 8 heteroatoms. The number of rotatable bonds is 7. The Bertz CT molecular complexity index is 582. The van der Waals surface area contributed by atoms with E-state index in [0.29, 0.717) is 25.6 Å². The topological polar surface area (TPSA) is 99.2 Å². The molecule has 1 saturated carbocycles. The molecule has 2 fully saturated rings. The van der Waals surface area contributed by atoms with Crippen molar-refractivity contribution in [3.05, 3.63) is 12.4 Å². The van der Waals surface area contributed by atoms with E-state index < -0.39 is 10.0 Å². The zero-order chi connectivity index (χ0) is 14.9. The third-order valence-corrected chi connectivity index (χ3v) is 5.48. The first-order valence-electron chi connectivity index (χ1n) is 7.46. The Morgan fingerprint density at radius 2 is 2.24 bits per heavy atom. The molecule has 2 aliphatic rings. The number of sulfonamides is 1. The summed E-state index contributed by atoms with van der Waals surface area (Å²) in [6.07, 6.45) is 6.77. The van der Waals surface area contributed by atoms with E-state index in [-0.39, 0.29) is 17.0 Å². The Morgan fingerprint density at radius 3 is 2.95 bits per heavy atom. The summed E-state index contributed by atoms with van der Waals surface area (Å²) in [4.78, 5) is 0.209. The van der Waals surface area contributed by atoms with Crippen LogP contribution in [-0.2, 0) is 21.3 Å². The lowest BCUT2D eigenvalue weighted by Crippen LogP contribution is -2.41. The van der Waals surface area contributed by atoms with Crippen molar-refractivity contribution in [1.29, 1.82) is 0 Å². The predicted molar refractivity (Wildman–Crippen MR) is 77.1 cm³/mol. The molecule has 3 N–H and O–H groups in total. The lowest BCUT2D eigenvalue weighted by atomic mass is 10.1. The van der Waals surface area contributed by atoms with Gasteiger partial charge in [-0.25, -0.2) is 13.1 Å². The monoisotopic (exact) mass is 314 g/mol. The van der Waals surface area contributed by atoms with Gasteiger partial charge in [0.25, 0.3) is 0 Å². The highest BCUT2D eigenvalue weighted by Crippen LogP contribution is 2.39. The van der Waals surface area contributed by atoms with Crippen molar-refractivity contribution in [2.45, 2.75) is 49.3 Å². The summed E-state index contributed by atoms with van der Waals surface area (Å²) in [5.41, 5.74) is 5.44. The van der Waals surface area contributed by atoms with Crippen LogP contribution in [0.25, 0.3) is 0 Å². The first-order chi connectivity index (χ1) is 10.1. The average molecular weight is 314 g/mol. The summed E-state index contributed by atoms with van der Waals surface area (Å²) in [7, 11) is -3.53. The van der Waals surface area contributed by atoms with E-state index in [0.717, 1.165) is 25.7 Å². The third kappa shape index (κ3) is 3.45. The molecule has 3 rings (SSSR count). The molecule has 1 aliphatic carbocycles. The molecule has 2 heterocycles. The van der Waals surface area contributed by atoms with Gasteiger partial charge < -0.3 is 10.5 Å². The zero-order valence-corrected chi connectivity index (χ0v) is 12.8. The Kier molecular flexibility index (Phi) is 4.30. The number of nitrogens with two attached hydrogens (primary N) is 1. The maximum absolute atomic E-state index is 12.4. The molecule has 1 aliphatic heterocycles. The highest BCUT2D eigenvalue weighted by Gasteiger charge is 2.42. The van der Waals surface area contributed by atoms with Crippen molar-refractivity contribution >= 4 is 10.0 Å². The molecule has 7 nitrogen and oxygen atoms in total. The fourth-order valence-corrected chi connectivity index (χ4v) is 3.99. The summed E-state index contributed by atoms with van der Waals surface area (Å²) in [6.45, 7) is 1.82. The molecule has 1 aromatic heterocycles. The van der Waals surface area contributed by atoms with Crippen molar-refractivity contribution in [3.63, 3.8) is 0 Å². The van der Waals surface area contributed by atoms with Gasteiger partial charge in [-0.15, -0.1) is 0 Å². The lowest BCUT2D eigenvalue weighted by molar-refractivity contribution is 0.0848. The van der Waals surface area contributed by atoms with E-state index in [2.05, 4.69) is 9.82 Å². The van der Waals surface area contributed by atoms with Crippen LogP contribution in [-0.4, -0.2) is 43.5 Å². The van der Waals surface area contributed by atoms with Crippen molar-refractivity contribution < 1.29 is 13.2 Å². The molecule has 0 spiro atoms. The first kappa shape index (κ1) is 15.0. The van der Waals surface area contributed by atoms with Crippen molar-refractivity contribution in [2.75, 3.05) is 13.2 Å². The summed E-state index contributed by atoms with van der Waals surface area (Å²) >= 11 is 0. The van der Waals surface area contributed by atoms with E-state index in [1.807, 2.05) is 0 Å². The molecule has 118 valence electrons.